The topological polar surface area (TPSA) is 98.0 Å². The lowest BCUT2D eigenvalue weighted by Gasteiger charge is -2.24. The Morgan fingerprint density at radius 1 is 1.07 bits per heavy atom. The maximum Gasteiger partial charge on any atom is 0.303 e. The van der Waals surface area contributed by atoms with Crippen LogP contribution in [0, 0.1) is 17.7 Å². The zero-order chi connectivity index (χ0) is 21.7. The van der Waals surface area contributed by atoms with E-state index in [1.807, 2.05) is 6.07 Å². The first-order chi connectivity index (χ1) is 14.3. The quantitative estimate of drug-likeness (QED) is 0.383. The SMILES string of the molecule is O=C(O)CCCCCC[C@@H]1[C@@H](CCC(O)c2cc3ccc(F)cc3s2)[C@H](O)C[C@@H]1O. The molecule has 1 fully saturated rings. The van der Waals surface area contributed by atoms with Gasteiger partial charge in [0.25, 0.3) is 0 Å². The third-order valence-corrected chi connectivity index (χ3v) is 7.50. The fourth-order valence-corrected chi connectivity index (χ4v) is 5.78. The number of hydrogen-bond donors (Lipinski definition) is 4. The highest BCUT2D eigenvalue weighted by Gasteiger charge is 2.40. The first-order valence-corrected chi connectivity index (χ1v) is 11.6. The molecule has 1 aromatic carbocycles. The molecule has 0 spiro atoms. The van der Waals surface area contributed by atoms with Gasteiger partial charge in [0.15, 0.2) is 0 Å². The molecule has 1 aromatic heterocycles. The molecule has 0 amide bonds. The Bertz CT molecular complexity index is 838. The van der Waals surface area contributed by atoms with Gasteiger partial charge in [-0.1, -0.05) is 25.3 Å². The molecule has 166 valence electrons. The highest BCUT2D eigenvalue weighted by Crippen LogP contribution is 2.41. The Labute approximate surface area is 180 Å². The van der Waals surface area contributed by atoms with Gasteiger partial charge in [0.2, 0.25) is 0 Å². The largest absolute Gasteiger partial charge is 0.481 e. The van der Waals surface area contributed by atoms with Crippen LogP contribution in [-0.4, -0.2) is 38.6 Å². The van der Waals surface area contributed by atoms with Crippen molar-refractivity contribution < 1.29 is 29.6 Å². The summed E-state index contributed by atoms with van der Waals surface area (Å²) >= 11 is 1.38. The van der Waals surface area contributed by atoms with Crippen molar-refractivity contribution in [1.82, 2.24) is 0 Å². The summed E-state index contributed by atoms with van der Waals surface area (Å²) in [6.07, 6.45) is 4.02. The summed E-state index contributed by atoms with van der Waals surface area (Å²) in [6, 6.07) is 6.48. The molecule has 0 bridgehead atoms. The second-order valence-corrected chi connectivity index (χ2v) is 9.58. The highest BCUT2D eigenvalue weighted by molar-refractivity contribution is 7.19. The van der Waals surface area contributed by atoms with Gasteiger partial charge >= 0.3 is 5.97 Å². The molecule has 1 saturated carbocycles. The summed E-state index contributed by atoms with van der Waals surface area (Å²) in [6.45, 7) is 0. The van der Waals surface area contributed by atoms with Crippen LogP contribution in [0.4, 0.5) is 4.39 Å². The van der Waals surface area contributed by atoms with Gasteiger partial charge < -0.3 is 20.4 Å². The Morgan fingerprint density at radius 3 is 2.50 bits per heavy atom. The molecule has 2 aromatic rings. The number of benzene rings is 1. The van der Waals surface area contributed by atoms with Crippen LogP contribution in [0.2, 0.25) is 0 Å². The van der Waals surface area contributed by atoms with Crippen LogP contribution in [0.25, 0.3) is 10.1 Å². The van der Waals surface area contributed by atoms with Crippen LogP contribution in [0.1, 0.15) is 68.8 Å². The molecule has 5 atom stereocenters. The number of thiophene rings is 1. The van der Waals surface area contributed by atoms with Crippen LogP contribution in [-0.2, 0) is 4.79 Å². The molecule has 0 saturated heterocycles. The van der Waals surface area contributed by atoms with Crippen LogP contribution >= 0.6 is 11.3 Å². The number of aliphatic hydroxyl groups is 3. The van der Waals surface area contributed by atoms with Gasteiger partial charge in [0.1, 0.15) is 5.82 Å². The third kappa shape index (κ3) is 6.00. The van der Waals surface area contributed by atoms with Gasteiger partial charge in [0.05, 0.1) is 18.3 Å². The molecule has 5 nitrogen and oxygen atoms in total. The third-order valence-electron chi connectivity index (χ3n) is 6.30. The summed E-state index contributed by atoms with van der Waals surface area (Å²) in [4.78, 5) is 11.4. The molecule has 30 heavy (non-hydrogen) atoms. The minimum absolute atomic E-state index is 0.00294. The van der Waals surface area contributed by atoms with E-state index in [0.29, 0.717) is 25.7 Å². The first kappa shape index (κ1) is 23.1. The number of aliphatic carboxylic acids is 1. The molecular formula is C23H31FO5S. The van der Waals surface area contributed by atoms with E-state index in [1.54, 1.807) is 6.07 Å². The van der Waals surface area contributed by atoms with Crippen molar-refractivity contribution in [3.8, 4) is 0 Å². The van der Waals surface area contributed by atoms with Gasteiger partial charge in [0, 0.05) is 16.0 Å². The normalized spacial score (nSPS) is 25.1. The van der Waals surface area contributed by atoms with Crippen LogP contribution in [0.15, 0.2) is 24.3 Å². The second-order valence-electron chi connectivity index (χ2n) is 8.47. The van der Waals surface area contributed by atoms with E-state index in [2.05, 4.69) is 0 Å². The smallest absolute Gasteiger partial charge is 0.303 e. The average Bonchev–Trinajstić information content (AvgIpc) is 3.22. The number of unbranched alkanes of at least 4 members (excludes halogenated alkanes) is 3. The fourth-order valence-electron chi connectivity index (χ4n) is 4.67. The molecular weight excluding hydrogens is 407 g/mol. The second kappa shape index (κ2) is 10.7. The standard InChI is InChI=1S/C23H31FO5S/c24-15-8-7-14-11-22(30-21(14)12-15)18(25)10-9-17-16(19(26)13-20(17)27)5-3-1-2-4-6-23(28)29/h7-8,11-12,16-20,25-27H,1-6,9-10,13H2,(H,28,29)/t16-,17-,18?,19+,20-/m1/s1. The molecule has 0 aliphatic heterocycles. The number of carboxylic acid groups (broad SMARTS) is 1. The first-order valence-electron chi connectivity index (χ1n) is 10.8. The predicted octanol–water partition coefficient (Wildman–Crippen LogP) is 4.64. The minimum Gasteiger partial charge on any atom is -0.481 e. The van der Waals surface area contributed by atoms with Crippen LogP contribution < -0.4 is 0 Å². The fraction of sp³-hybridized carbons (Fsp3) is 0.609. The van der Waals surface area contributed by atoms with Gasteiger partial charge in [-0.15, -0.1) is 11.3 Å². The summed E-state index contributed by atoms with van der Waals surface area (Å²) in [5.74, 6) is -1.12. The van der Waals surface area contributed by atoms with Crippen molar-refractivity contribution in [2.75, 3.05) is 0 Å². The van der Waals surface area contributed by atoms with Crippen molar-refractivity contribution in [3.63, 3.8) is 0 Å². The van der Waals surface area contributed by atoms with Crippen LogP contribution in [0.3, 0.4) is 0 Å². The molecule has 1 aliphatic carbocycles. The van der Waals surface area contributed by atoms with E-state index in [9.17, 15) is 24.5 Å². The number of fused-ring (bicyclic) bond motifs is 1. The lowest BCUT2D eigenvalue weighted by atomic mass is 9.84. The van der Waals surface area contributed by atoms with Gasteiger partial charge in [-0.25, -0.2) is 4.39 Å². The molecule has 3 rings (SSSR count). The number of carbonyl (C=O) groups is 1. The number of aliphatic hydroxyl groups excluding tert-OH is 3. The van der Waals surface area contributed by atoms with Gasteiger partial charge in [-0.05, 0) is 67.5 Å². The van der Waals surface area contributed by atoms with Crippen LogP contribution in [0.5, 0.6) is 0 Å². The lowest BCUT2D eigenvalue weighted by Crippen LogP contribution is -2.23. The van der Waals surface area contributed by atoms with E-state index in [1.165, 1.54) is 23.5 Å². The van der Waals surface area contributed by atoms with Crippen molar-refractivity contribution in [2.24, 2.45) is 11.8 Å². The predicted molar refractivity (Wildman–Crippen MR) is 115 cm³/mol. The maximum atomic E-state index is 13.4. The van der Waals surface area contributed by atoms with Crippen molar-refractivity contribution >= 4 is 27.4 Å². The summed E-state index contributed by atoms with van der Waals surface area (Å²) in [7, 11) is 0. The van der Waals surface area contributed by atoms with Crippen molar-refractivity contribution in [1.29, 1.82) is 0 Å². The number of halogens is 1. The maximum absolute atomic E-state index is 13.4. The van der Waals surface area contributed by atoms with Gasteiger partial charge in [-0.3, -0.25) is 4.79 Å². The summed E-state index contributed by atoms with van der Waals surface area (Å²) < 4.78 is 14.2. The zero-order valence-electron chi connectivity index (χ0n) is 17.0. The Morgan fingerprint density at radius 2 is 1.77 bits per heavy atom. The molecule has 1 heterocycles. The van der Waals surface area contributed by atoms with E-state index in [0.717, 1.165) is 40.6 Å². The molecule has 4 N–H and O–H groups in total. The molecule has 0 radical (unpaired) electrons. The summed E-state index contributed by atoms with van der Waals surface area (Å²) in [5.41, 5.74) is 0. The van der Waals surface area contributed by atoms with E-state index in [4.69, 9.17) is 5.11 Å². The van der Waals surface area contributed by atoms with Crippen molar-refractivity contribution in [3.05, 3.63) is 35.0 Å². The van der Waals surface area contributed by atoms with Crippen molar-refractivity contribution in [2.45, 2.75) is 76.1 Å². The zero-order valence-corrected chi connectivity index (χ0v) is 17.9. The van der Waals surface area contributed by atoms with E-state index in [-0.39, 0.29) is 24.1 Å². The Hall–Kier alpha value is -1.54. The average molecular weight is 439 g/mol. The van der Waals surface area contributed by atoms with E-state index >= 15 is 0 Å². The number of carboxylic acids is 1. The Balaban J connectivity index is 1.50. The molecule has 1 aliphatic rings. The Kier molecular flexibility index (Phi) is 8.22. The lowest BCUT2D eigenvalue weighted by molar-refractivity contribution is -0.137. The molecule has 1 unspecified atom stereocenters. The number of hydrogen-bond acceptors (Lipinski definition) is 5. The molecule has 7 heteroatoms. The number of rotatable bonds is 11. The minimum atomic E-state index is -0.772. The highest BCUT2D eigenvalue weighted by atomic mass is 32.1. The monoisotopic (exact) mass is 438 g/mol. The van der Waals surface area contributed by atoms with Gasteiger partial charge in [-0.2, -0.15) is 0 Å². The van der Waals surface area contributed by atoms with E-state index < -0.39 is 24.3 Å². The summed E-state index contributed by atoms with van der Waals surface area (Å²) in [5, 5.41) is 41.0.